The normalized spacial score (nSPS) is 17.5. The van der Waals surface area contributed by atoms with Crippen LogP contribution in [0.3, 0.4) is 0 Å². The number of hydrogen-bond acceptors (Lipinski definition) is 7. The first-order valence-corrected chi connectivity index (χ1v) is 11.3. The van der Waals surface area contributed by atoms with Gasteiger partial charge >= 0.3 is 0 Å². The average molecular weight is 439 g/mol. The summed E-state index contributed by atoms with van der Waals surface area (Å²) >= 11 is 2.11. The molecule has 2 aromatic rings. The van der Waals surface area contributed by atoms with Crippen molar-refractivity contribution in [2.24, 2.45) is 4.40 Å². The molecule has 0 bridgehead atoms. The zero-order chi connectivity index (χ0) is 20.3. The molecule has 0 N–H and O–H groups in total. The predicted octanol–water partition coefficient (Wildman–Crippen LogP) is 3.45. The maximum Gasteiger partial charge on any atom is 0.294 e. The van der Waals surface area contributed by atoms with Gasteiger partial charge in [-0.1, -0.05) is 6.07 Å². The fourth-order valence-electron chi connectivity index (χ4n) is 2.49. The zero-order valence-corrected chi connectivity index (χ0v) is 17.9. The molecule has 0 aliphatic carbocycles. The Bertz CT molecular complexity index is 1040. The number of amides is 1. The number of nitrogens with zero attached hydrogens (tertiary/aromatic N) is 2. The van der Waals surface area contributed by atoms with Gasteiger partial charge in [0.2, 0.25) is 0 Å². The van der Waals surface area contributed by atoms with E-state index in [2.05, 4.69) is 4.40 Å². The first-order chi connectivity index (χ1) is 13.4. The highest BCUT2D eigenvalue weighted by molar-refractivity contribution is 8.19. The molecule has 3 rings (SSSR count). The van der Waals surface area contributed by atoms with E-state index < -0.39 is 10.0 Å². The Kier molecular flexibility index (Phi) is 6.11. The first-order valence-electron chi connectivity index (χ1n) is 8.21. The van der Waals surface area contributed by atoms with Crippen LogP contribution in [0.15, 0.2) is 49.2 Å². The third kappa shape index (κ3) is 4.08. The molecule has 10 heteroatoms. The summed E-state index contributed by atoms with van der Waals surface area (Å²) in [5.74, 6) is 0.870. The quantitative estimate of drug-likeness (QED) is 0.642. The van der Waals surface area contributed by atoms with Crippen molar-refractivity contribution in [2.45, 2.75) is 11.1 Å². The number of benzene rings is 1. The number of carbonyl (C=O) groups is 1. The molecule has 1 aromatic carbocycles. The van der Waals surface area contributed by atoms with Crippen LogP contribution in [0.1, 0.15) is 12.5 Å². The Hall–Kier alpha value is -2.30. The second-order valence-electron chi connectivity index (χ2n) is 5.55. The van der Waals surface area contributed by atoms with E-state index in [1.807, 2.05) is 0 Å². The van der Waals surface area contributed by atoms with Gasteiger partial charge in [0.05, 0.1) is 19.1 Å². The molecule has 1 saturated heterocycles. The van der Waals surface area contributed by atoms with Crippen molar-refractivity contribution in [1.82, 2.24) is 4.90 Å². The summed E-state index contributed by atoms with van der Waals surface area (Å²) in [4.78, 5) is 14.5. The van der Waals surface area contributed by atoms with Crippen LogP contribution in [0.25, 0.3) is 6.08 Å². The lowest BCUT2D eigenvalue weighted by Gasteiger charge is -2.11. The Morgan fingerprint density at radius 1 is 1.21 bits per heavy atom. The molecule has 1 aromatic heterocycles. The SMILES string of the molecule is CCN1C(=O)C(=Cc2ccc(OC)cc2OC)SC1=NS(=O)(=O)c1cccs1. The van der Waals surface area contributed by atoms with Crippen molar-refractivity contribution < 1.29 is 22.7 Å². The number of amidine groups is 1. The van der Waals surface area contributed by atoms with Crippen molar-refractivity contribution in [3.63, 3.8) is 0 Å². The fraction of sp³-hybridized carbons (Fsp3) is 0.222. The molecule has 2 heterocycles. The Morgan fingerprint density at radius 2 is 2.00 bits per heavy atom. The fourth-order valence-corrected chi connectivity index (χ4v) is 5.70. The molecule has 1 amide bonds. The number of methoxy groups -OCH3 is 2. The van der Waals surface area contributed by atoms with E-state index in [0.29, 0.717) is 28.5 Å². The van der Waals surface area contributed by atoms with Crippen LogP contribution in [-0.4, -0.2) is 45.2 Å². The van der Waals surface area contributed by atoms with E-state index in [9.17, 15) is 13.2 Å². The van der Waals surface area contributed by atoms with Gasteiger partial charge in [-0.05, 0) is 48.3 Å². The number of thiophene rings is 1. The van der Waals surface area contributed by atoms with Gasteiger partial charge in [-0.3, -0.25) is 9.69 Å². The minimum absolute atomic E-state index is 0.137. The summed E-state index contributed by atoms with van der Waals surface area (Å²) in [5.41, 5.74) is 0.678. The van der Waals surface area contributed by atoms with Crippen LogP contribution in [0.4, 0.5) is 0 Å². The van der Waals surface area contributed by atoms with Gasteiger partial charge in [0, 0.05) is 18.2 Å². The summed E-state index contributed by atoms with van der Waals surface area (Å²) in [6.45, 7) is 2.07. The number of rotatable bonds is 6. The number of carbonyl (C=O) groups excluding carboxylic acids is 1. The van der Waals surface area contributed by atoms with Crippen molar-refractivity contribution in [1.29, 1.82) is 0 Å². The van der Waals surface area contributed by atoms with Crippen molar-refractivity contribution in [3.05, 3.63) is 46.2 Å². The number of sulfonamides is 1. The summed E-state index contributed by atoms with van der Waals surface area (Å²) in [6.07, 6.45) is 1.66. The van der Waals surface area contributed by atoms with Gasteiger partial charge in [-0.15, -0.1) is 15.7 Å². The monoisotopic (exact) mass is 438 g/mol. The molecular formula is C18H18N2O5S3. The number of likely N-dealkylation sites (N-methyl/N-ethyl adjacent to an activating group) is 1. The number of thioether (sulfide) groups is 1. The smallest absolute Gasteiger partial charge is 0.294 e. The molecule has 7 nitrogen and oxygen atoms in total. The largest absolute Gasteiger partial charge is 0.497 e. The van der Waals surface area contributed by atoms with Gasteiger partial charge in [0.1, 0.15) is 15.7 Å². The molecule has 0 saturated carbocycles. The van der Waals surface area contributed by atoms with Crippen LogP contribution in [0.5, 0.6) is 11.5 Å². The van der Waals surface area contributed by atoms with Gasteiger partial charge in [0.15, 0.2) is 5.17 Å². The minimum Gasteiger partial charge on any atom is -0.497 e. The molecule has 0 unspecified atom stereocenters. The van der Waals surface area contributed by atoms with Crippen molar-refractivity contribution >= 4 is 50.3 Å². The molecule has 0 atom stereocenters. The second-order valence-corrected chi connectivity index (χ2v) is 9.34. The van der Waals surface area contributed by atoms with Crippen LogP contribution in [-0.2, 0) is 14.8 Å². The van der Waals surface area contributed by atoms with E-state index in [0.717, 1.165) is 23.1 Å². The highest BCUT2D eigenvalue weighted by Crippen LogP contribution is 2.36. The van der Waals surface area contributed by atoms with Crippen molar-refractivity contribution in [3.8, 4) is 11.5 Å². The maximum absolute atomic E-state index is 12.7. The predicted molar refractivity (Wildman–Crippen MR) is 111 cm³/mol. The van der Waals surface area contributed by atoms with Crippen LogP contribution in [0, 0.1) is 0 Å². The average Bonchev–Trinajstić information content (AvgIpc) is 3.31. The minimum atomic E-state index is -3.86. The summed E-state index contributed by atoms with van der Waals surface area (Å²) in [5, 5.41) is 1.80. The highest BCUT2D eigenvalue weighted by atomic mass is 32.2. The highest BCUT2D eigenvalue weighted by Gasteiger charge is 2.34. The lowest BCUT2D eigenvalue weighted by Crippen LogP contribution is -2.29. The standard InChI is InChI=1S/C18H18N2O5S3/c1-4-20-17(21)15(10-12-7-8-13(24-2)11-14(12)25-3)27-18(20)19-28(22,23)16-6-5-9-26-16/h5-11H,4H2,1-3H3. The van der Waals surface area contributed by atoms with Crippen molar-refractivity contribution in [2.75, 3.05) is 20.8 Å². The van der Waals surface area contributed by atoms with Crippen LogP contribution in [0.2, 0.25) is 0 Å². The molecule has 1 aliphatic heterocycles. The van der Waals surface area contributed by atoms with E-state index >= 15 is 0 Å². The van der Waals surface area contributed by atoms with Gasteiger partial charge in [-0.25, -0.2) is 0 Å². The van der Waals surface area contributed by atoms with E-state index in [1.54, 1.807) is 49.8 Å². The molecule has 28 heavy (non-hydrogen) atoms. The molecular weight excluding hydrogens is 420 g/mol. The van der Waals surface area contributed by atoms with E-state index in [4.69, 9.17) is 9.47 Å². The maximum atomic E-state index is 12.7. The van der Waals surface area contributed by atoms with Crippen LogP contribution >= 0.6 is 23.1 Å². The number of ether oxygens (including phenoxy) is 2. The van der Waals surface area contributed by atoms with Gasteiger partial charge in [-0.2, -0.15) is 8.42 Å². The van der Waals surface area contributed by atoms with E-state index in [1.165, 1.54) is 18.1 Å². The lowest BCUT2D eigenvalue weighted by atomic mass is 10.1. The molecule has 1 fully saturated rings. The molecule has 148 valence electrons. The number of hydrogen-bond donors (Lipinski definition) is 0. The summed E-state index contributed by atoms with van der Waals surface area (Å²) < 4.78 is 39.5. The van der Waals surface area contributed by atoms with E-state index in [-0.39, 0.29) is 15.3 Å². The third-order valence-electron chi connectivity index (χ3n) is 3.88. The Balaban J connectivity index is 1.98. The molecule has 0 radical (unpaired) electrons. The first kappa shape index (κ1) is 20.4. The molecule has 0 spiro atoms. The third-order valence-corrected chi connectivity index (χ3v) is 7.64. The summed E-state index contributed by atoms with van der Waals surface area (Å²) in [7, 11) is -0.780. The second kappa shape index (κ2) is 8.38. The van der Waals surface area contributed by atoms with Gasteiger partial charge < -0.3 is 9.47 Å². The topological polar surface area (TPSA) is 85.3 Å². The summed E-state index contributed by atoms with van der Waals surface area (Å²) in [6, 6.07) is 8.37. The van der Waals surface area contributed by atoms with Gasteiger partial charge in [0.25, 0.3) is 15.9 Å². The Labute approximate surface area is 171 Å². The Morgan fingerprint density at radius 3 is 2.61 bits per heavy atom. The lowest BCUT2D eigenvalue weighted by molar-refractivity contribution is -0.122. The van der Waals surface area contributed by atoms with Crippen LogP contribution < -0.4 is 9.47 Å². The molecule has 1 aliphatic rings. The zero-order valence-electron chi connectivity index (χ0n) is 15.4.